The Bertz CT molecular complexity index is 632. The number of benzene rings is 1. The first-order valence-corrected chi connectivity index (χ1v) is 9.09. The summed E-state index contributed by atoms with van der Waals surface area (Å²) in [6.07, 6.45) is 3.39. The molecular formula is C18H23BrN2O2. The molecule has 0 radical (unpaired) electrons. The van der Waals surface area contributed by atoms with Crippen molar-refractivity contribution < 1.29 is 9.59 Å². The molecule has 0 unspecified atom stereocenters. The van der Waals surface area contributed by atoms with Crippen molar-refractivity contribution in [3.8, 4) is 0 Å². The Kier molecular flexibility index (Phi) is 4.50. The quantitative estimate of drug-likeness (QED) is 0.814. The molecule has 1 N–H and O–H groups in total. The van der Waals surface area contributed by atoms with Crippen molar-refractivity contribution in [2.24, 2.45) is 11.3 Å². The highest BCUT2D eigenvalue weighted by molar-refractivity contribution is 9.10. The number of likely N-dealkylation sites (tertiary alicyclic amines) is 1. The summed E-state index contributed by atoms with van der Waals surface area (Å²) < 4.78 is 0.848. The lowest BCUT2D eigenvalue weighted by atomic mass is 9.96. The van der Waals surface area contributed by atoms with Gasteiger partial charge in [-0.1, -0.05) is 13.0 Å². The van der Waals surface area contributed by atoms with Crippen LogP contribution in [0.4, 0.5) is 5.69 Å². The van der Waals surface area contributed by atoms with E-state index in [9.17, 15) is 9.59 Å². The van der Waals surface area contributed by atoms with Gasteiger partial charge in [-0.15, -0.1) is 0 Å². The maximum atomic E-state index is 12.8. The van der Waals surface area contributed by atoms with Crippen molar-refractivity contribution in [3.05, 3.63) is 28.2 Å². The lowest BCUT2D eigenvalue weighted by Gasteiger charge is -2.32. The minimum Gasteiger partial charge on any atom is -0.342 e. The van der Waals surface area contributed by atoms with E-state index in [-0.39, 0.29) is 11.8 Å². The molecule has 1 aromatic rings. The van der Waals surface area contributed by atoms with E-state index in [0.29, 0.717) is 18.8 Å². The van der Waals surface area contributed by atoms with E-state index in [0.717, 1.165) is 41.7 Å². The average Bonchev–Trinajstić information content (AvgIpc) is 3.32. The number of rotatable bonds is 3. The highest BCUT2D eigenvalue weighted by atomic mass is 79.9. The maximum Gasteiger partial charge on any atom is 0.240 e. The van der Waals surface area contributed by atoms with E-state index >= 15 is 0 Å². The second-order valence-electron chi connectivity index (χ2n) is 6.99. The van der Waals surface area contributed by atoms with Crippen LogP contribution >= 0.6 is 15.9 Å². The van der Waals surface area contributed by atoms with E-state index in [2.05, 4.69) is 28.2 Å². The molecular weight excluding hydrogens is 356 g/mol. The predicted molar refractivity (Wildman–Crippen MR) is 94.2 cm³/mol. The third-order valence-corrected chi connectivity index (χ3v) is 5.69. The molecule has 0 bridgehead atoms. The monoisotopic (exact) mass is 378 g/mol. The summed E-state index contributed by atoms with van der Waals surface area (Å²) in [4.78, 5) is 27.4. The number of carbonyl (C=O) groups excluding carboxylic acids is 2. The van der Waals surface area contributed by atoms with Crippen LogP contribution in [0, 0.1) is 18.3 Å². The molecule has 1 aliphatic carbocycles. The Balaban J connectivity index is 1.70. The van der Waals surface area contributed by atoms with Crippen LogP contribution in [0.5, 0.6) is 0 Å². The standard InChI is InChI=1S/C18H23BrN2O2/c1-12-5-9-21(10-6-12)17(23)18(7-8-18)16(22)20-15-4-3-13(2)11-14(15)19/h3-4,11-12H,5-10H2,1-2H3,(H,20,22). The van der Waals surface area contributed by atoms with Gasteiger partial charge in [0.05, 0.1) is 5.69 Å². The van der Waals surface area contributed by atoms with Gasteiger partial charge in [0.2, 0.25) is 11.8 Å². The molecule has 2 aliphatic rings. The lowest BCUT2D eigenvalue weighted by Crippen LogP contribution is -2.46. The summed E-state index contributed by atoms with van der Waals surface area (Å²) in [6.45, 7) is 5.78. The molecule has 23 heavy (non-hydrogen) atoms. The van der Waals surface area contributed by atoms with Gasteiger partial charge in [0.1, 0.15) is 5.41 Å². The van der Waals surface area contributed by atoms with E-state index in [1.54, 1.807) is 0 Å². The Morgan fingerprint density at radius 3 is 2.48 bits per heavy atom. The van der Waals surface area contributed by atoms with E-state index in [1.807, 2.05) is 30.0 Å². The Hall–Kier alpha value is -1.36. The summed E-state index contributed by atoms with van der Waals surface area (Å²) in [7, 11) is 0. The number of piperidine rings is 1. The fraction of sp³-hybridized carbons (Fsp3) is 0.556. The number of hydrogen-bond donors (Lipinski definition) is 1. The van der Waals surface area contributed by atoms with Crippen molar-refractivity contribution in [2.75, 3.05) is 18.4 Å². The molecule has 5 heteroatoms. The number of carbonyl (C=O) groups is 2. The Labute approximate surface area is 145 Å². The molecule has 0 atom stereocenters. The zero-order chi connectivity index (χ0) is 16.6. The number of aryl methyl sites for hydroxylation is 1. The minimum atomic E-state index is -0.828. The molecule has 4 nitrogen and oxygen atoms in total. The smallest absolute Gasteiger partial charge is 0.240 e. The highest BCUT2D eigenvalue weighted by Gasteiger charge is 2.58. The van der Waals surface area contributed by atoms with Crippen LogP contribution < -0.4 is 5.32 Å². The fourth-order valence-corrected chi connectivity index (χ4v) is 3.73. The van der Waals surface area contributed by atoms with Crippen LogP contribution in [0.1, 0.15) is 38.2 Å². The van der Waals surface area contributed by atoms with Crippen LogP contribution in [-0.2, 0) is 9.59 Å². The molecule has 1 heterocycles. The van der Waals surface area contributed by atoms with Crippen molar-refractivity contribution in [2.45, 2.75) is 39.5 Å². The topological polar surface area (TPSA) is 49.4 Å². The number of amides is 2. The highest BCUT2D eigenvalue weighted by Crippen LogP contribution is 2.48. The first-order chi connectivity index (χ1) is 10.9. The second-order valence-corrected chi connectivity index (χ2v) is 7.85. The van der Waals surface area contributed by atoms with Crippen LogP contribution in [0.15, 0.2) is 22.7 Å². The number of hydrogen-bond acceptors (Lipinski definition) is 2. The summed E-state index contributed by atoms with van der Waals surface area (Å²) in [5.74, 6) is 0.530. The SMILES string of the molecule is Cc1ccc(NC(=O)C2(C(=O)N3CCC(C)CC3)CC2)c(Br)c1. The molecule has 0 aromatic heterocycles. The summed E-state index contributed by atoms with van der Waals surface area (Å²) in [5, 5.41) is 2.94. The molecule has 1 saturated heterocycles. The number of anilines is 1. The average molecular weight is 379 g/mol. The molecule has 0 spiro atoms. The summed E-state index contributed by atoms with van der Waals surface area (Å²) >= 11 is 3.47. The molecule has 1 saturated carbocycles. The normalized spacial score (nSPS) is 20.2. The van der Waals surface area contributed by atoms with Gasteiger partial charge in [-0.25, -0.2) is 0 Å². The third-order valence-electron chi connectivity index (χ3n) is 5.04. The van der Waals surface area contributed by atoms with E-state index in [1.165, 1.54) is 0 Å². The molecule has 124 valence electrons. The van der Waals surface area contributed by atoms with Gasteiger partial charge in [-0.2, -0.15) is 0 Å². The third kappa shape index (κ3) is 3.30. The summed E-state index contributed by atoms with van der Waals surface area (Å²) in [5.41, 5.74) is 1.02. The van der Waals surface area contributed by atoms with E-state index < -0.39 is 5.41 Å². The lowest BCUT2D eigenvalue weighted by molar-refractivity contribution is -0.143. The molecule has 1 aromatic carbocycles. The largest absolute Gasteiger partial charge is 0.342 e. The van der Waals surface area contributed by atoms with Crippen LogP contribution in [0.25, 0.3) is 0 Å². The van der Waals surface area contributed by atoms with Crippen molar-refractivity contribution in [1.29, 1.82) is 0 Å². The minimum absolute atomic E-state index is 0.0186. The first-order valence-electron chi connectivity index (χ1n) is 8.29. The Morgan fingerprint density at radius 2 is 1.91 bits per heavy atom. The molecule has 3 rings (SSSR count). The van der Waals surface area contributed by atoms with Gasteiger partial charge in [0.25, 0.3) is 0 Å². The Morgan fingerprint density at radius 1 is 1.26 bits per heavy atom. The molecule has 1 aliphatic heterocycles. The number of halogens is 1. The molecule has 2 amide bonds. The van der Waals surface area contributed by atoms with Gasteiger partial charge >= 0.3 is 0 Å². The van der Waals surface area contributed by atoms with Gasteiger partial charge in [-0.05, 0) is 72.2 Å². The van der Waals surface area contributed by atoms with Crippen molar-refractivity contribution in [1.82, 2.24) is 4.90 Å². The summed E-state index contributed by atoms with van der Waals surface area (Å²) in [6, 6.07) is 5.79. The van der Waals surface area contributed by atoms with Crippen molar-refractivity contribution >= 4 is 33.4 Å². The van der Waals surface area contributed by atoms with Gasteiger partial charge in [0.15, 0.2) is 0 Å². The van der Waals surface area contributed by atoms with Gasteiger partial charge < -0.3 is 10.2 Å². The predicted octanol–water partition coefficient (Wildman–Crippen LogP) is 3.73. The fourth-order valence-electron chi connectivity index (χ4n) is 3.14. The zero-order valence-corrected chi connectivity index (χ0v) is 15.3. The number of nitrogens with one attached hydrogen (secondary N) is 1. The first kappa shape index (κ1) is 16.5. The zero-order valence-electron chi connectivity index (χ0n) is 13.7. The van der Waals surface area contributed by atoms with Crippen molar-refractivity contribution in [3.63, 3.8) is 0 Å². The van der Waals surface area contributed by atoms with Gasteiger partial charge in [0, 0.05) is 17.6 Å². The molecule has 2 fully saturated rings. The van der Waals surface area contributed by atoms with Crippen LogP contribution in [0.2, 0.25) is 0 Å². The van der Waals surface area contributed by atoms with Crippen LogP contribution in [-0.4, -0.2) is 29.8 Å². The number of nitrogens with zero attached hydrogens (tertiary/aromatic N) is 1. The van der Waals surface area contributed by atoms with E-state index in [4.69, 9.17) is 0 Å². The second kappa shape index (κ2) is 6.27. The van der Waals surface area contributed by atoms with Gasteiger partial charge in [-0.3, -0.25) is 9.59 Å². The van der Waals surface area contributed by atoms with Crippen LogP contribution in [0.3, 0.4) is 0 Å². The maximum absolute atomic E-state index is 12.8.